The van der Waals surface area contributed by atoms with Crippen LogP contribution in [-0.2, 0) is 24.7 Å². The first-order valence-corrected chi connectivity index (χ1v) is 11.6. The molecule has 1 amide bonds. The number of nitrogens with two attached hydrogens (primary N) is 1. The van der Waals surface area contributed by atoms with E-state index < -0.39 is 30.6 Å². The molecule has 148 valence electrons. The molecule has 0 aromatic carbocycles. The SMILES string of the molecule is CCCC(C)(N)C(=O)N1CCN(S(=O)(=O)C2CCS(=O)(=O)C2)CC1.Cl. The largest absolute Gasteiger partial charge is 0.338 e. The minimum Gasteiger partial charge on any atom is -0.338 e. The number of sulfone groups is 1. The van der Waals surface area contributed by atoms with Crippen LogP contribution in [0, 0.1) is 0 Å². The van der Waals surface area contributed by atoms with Gasteiger partial charge in [-0.15, -0.1) is 12.4 Å². The Morgan fingerprint density at radius 3 is 2.24 bits per heavy atom. The summed E-state index contributed by atoms with van der Waals surface area (Å²) in [4.78, 5) is 14.1. The van der Waals surface area contributed by atoms with Crippen molar-refractivity contribution in [3.63, 3.8) is 0 Å². The van der Waals surface area contributed by atoms with Crippen LogP contribution in [0.1, 0.15) is 33.1 Å². The topological polar surface area (TPSA) is 118 Å². The maximum Gasteiger partial charge on any atom is 0.242 e. The molecule has 0 aliphatic carbocycles. The molecule has 2 aliphatic heterocycles. The molecule has 0 saturated carbocycles. The van der Waals surface area contributed by atoms with Crippen LogP contribution in [0.5, 0.6) is 0 Å². The number of piperazine rings is 1. The van der Waals surface area contributed by atoms with E-state index >= 15 is 0 Å². The quantitative estimate of drug-likeness (QED) is 0.649. The van der Waals surface area contributed by atoms with Gasteiger partial charge in [-0.05, 0) is 19.8 Å². The van der Waals surface area contributed by atoms with Crippen molar-refractivity contribution >= 4 is 38.2 Å². The molecular formula is C14H28ClN3O5S2. The highest BCUT2D eigenvalue weighted by Gasteiger charge is 2.42. The van der Waals surface area contributed by atoms with Crippen LogP contribution in [0.2, 0.25) is 0 Å². The lowest BCUT2D eigenvalue weighted by molar-refractivity contribution is -0.137. The van der Waals surface area contributed by atoms with Gasteiger partial charge in [0.25, 0.3) is 0 Å². The van der Waals surface area contributed by atoms with Crippen LogP contribution >= 0.6 is 12.4 Å². The van der Waals surface area contributed by atoms with E-state index in [1.165, 1.54) is 4.31 Å². The van der Waals surface area contributed by atoms with Gasteiger partial charge in [-0.1, -0.05) is 13.3 Å². The molecule has 2 N–H and O–H groups in total. The molecule has 0 aromatic rings. The molecule has 2 saturated heterocycles. The first-order valence-electron chi connectivity index (χ1n) is 8.27. The van der Waals surface area contributed by atoms with Crippen LogP contribution < -0.4 is 5.73 Å². The lowest BCUT2D eigenvalue weighted by Gasteiger charge is -2.38. The van der Waals surface area contributed by atoms with Crippen LogP contribution in [0.25, 0.3) is 0 Å². The van der Waals surface area contributed by atoms with Crippen LogP contribution in [0.15, 0.2) is 0 Å². The average molecular weight is 418 g/mol. The third-order valence-corrected chi connectivity index (χ3v) is 9.06. The van der Waals surface area contributed by atoms with Gasteiger partial charge < -0.3 is 10.6 Å². The standard InChI is InChI=1S/C14H27N3O5S2.ClH/c1-3-5-14(2,15)13(18)16-6-8-17(9-7-16)24(21,22)12-4-10-23(19,20)11-12;/h12H,3-11,15H2,1-2H3;1H. The highest BCUT2D eigenvalue weighted by atomic mass is 35.5. The van der Waals surface area contributed by atoms with Gasteiger partial charge in [0.15, 0.2) is 9.84 Å². The number of sulfonamides is 1. The molecule has 2 fully saturated rings. The monoisotopic (exact) mass is 417 g/mol. The maximum atomic E-state index is 12.6. The van der Waals surface area contributed by atoms with Crippen LogP contribution in [0.3, 0.4) is 0 Å². The van der Waals surface area contributed by atoms with Gasteiger partial charge in [-0.3, -0.25) is 4.79 Å². The first-order chi connectivity index (χ1) is 11.0. The summed E-state index contributed by atoms with van der Waals surface area (Å²) in [5.74, 6) is -0.533. The Labute approximate surface area is 156 Å². The summed E-state index contributed by atoms with van der Waals surface area (Å²) in [6.07, 6.45) is 1.52. The Morgan fingerprint density at radius 1 is 1.24 bits per heavy atom. The molecule has 2 aliphatic rings. The van der Waals surface area contributed by atoms with E-state index in [9.17, 15) is 21.6 Å². The predicted octanol–water partition coefficient (Wildman–Crippen LogP) is -0.413. The summed E-state index contributed by atoms with van der Waals surface area (Å²) in [6.45, 7) is 4.60. The van der Waals surface area contributed by atoms with Crippen molar-refractivity contribution < 1.29 is 21.6 Å². The molecule has 2 atom stereocenters. The zero-order valence-electron chi connectivity index (χ0n) is 14.7. The van der Waals surface area contributed by atoms with Gasteiger partial charge in [0.2, 0.25) is 15.9 Å². The zero-order valence-corrected chi connectivity index (χ0v) is 17.1. The van der Waals surface area contributed by atoms with E-state index in [0.717, 1.165) is 6.42 Å². The van der Waals surface area contributed by atoms with Crippen molar-refractivity contribution in [3.8, 4) is 0 Å². The van der Waals surface area contributed by atoms with E-state index in [0.29, 0.717) is 6.42 Å². The number of carbonyl (C=O) groups is 1. The predicted molar refractivity (Wildman–Crippen MR) is 98.9 cm³/mol. The molecule has 0 bridgehead atoms. The number of halogens is 1. The normalized spacial score (nSPS) is 26.7. The fraction of sp³-hybridized carbons (Fsp3) is 0.929. The smallest absolute Gasteiger partial charge is 0.242 e. The minimum atomic E-state index is -3.64. The van der Waals surface area contributed by atoms with Gasteiger partial charge in [0, 0.05) is 26.2 Å². The summed E-state index contributed by atoms with van der Waals surface area (Å²) in [5.41, 5.74) is 5.13. The first kappa shape index (κ1) is 22.6. The lowest BCUT2D eigenvalue weighted by Crippen LogP contribution is -2.59. The molecule has 2 unspecified atom stereocenters. The third-order valence-electron chi connectivity index (χ3n) is 4.76. The van der Waals surface area contributed by atoms with Crippen molar-refractivity contribution in [3.05, 3.63) is 0 Å². The van der Waals surface area contributed by atoms with Gasteiger partial charge >= 0.3 is 0 Å². The van der Waals surface area contributed by atoms with Crippen molar-refractivity contribution in [1.29, 1.82) is 0 Å². The summed E-state index contributed by atoms with van der Waals surface area (Å²) in [6, 6.07) is 0. The van der Waals surface area contributed by atoms with Crippen molar-refractivity contribution in [2.24, 2.45) is 5.73 Å². The molecule has 2 rings (SSSR count). The van der Waals surface area contributed by atoms with Crippen LogP contribution in [-0.4, -0.2) is 80.4 Å². The number of carbonyl (C=O) groups excluding carboxylic acids is 1. The van der Waals surface area contributed by atoms with E-state index in [-0.39, 0.29) is 62.4 Å². The van der Waals surface area contributed by atoms with E-state index in [1.54, 1.807) is 11.8 Å². The molecule has 0 spiro atoms. The fourth-order valence-electron chi connectivity index (χ4n) is 3.34. The summed E-state index contributed by atoms with van der Waals surface area (Å²) in [5, 5.41) is -0.857. The summed E-state index contributed by atoms with van der Waals surface area (Å²) >= 11 is 0. The second kappa shape index (κ2) is 8.08. The van der Waals surface area contributed by atoms with Gasteiger partial charge in [-0.25, -0.2) is 16.8 Å². The van der Waals surface area contributed by atoms with Crippen LogP contribution in [0.4, 0.5) is 0 Å². The summed E-state index contributed by atoms with van der Waals surface area (Å²) in [7, 11) is -6.90. The fourth-order valence-corrected chi connectivity index (χ4v) is 7.85. The highest BCUT2D eigenvalue weighted by Crippen LogP contribution is 2.24. The molecular weight excluding hydrogens is 390 g/mol. The molecule has 8 nitrogen and oxygen atoms in total. The Hall–Kier alpha value is -0.420. The minimum absolute atomic E-state index is 0. The Morgan fingerprint density at radius 2 is 1.80 bits per heavy atom. The highest BCUT2D eigenvalue weighted by molar-refractivity contribution is 7.95. The zero-order chi connectivity index (χ0) is 18.2. The molecule has 0 radical (unpaired) electrons. The van der Waals surface area contributed by atoms with Gasteiger partial charge in [0.05, 0.1) is 22.3 Å². The number of hydrogen-bond donors (Lipinski definition) is 1. The molecule has 2 heterocycles. The molecule has 11 heteroatoms. The summed E-state index contributed by atoms with van der Waals surface area (Å²) < 4.78 is 49.6. The number of hydrogen-bond acceptors (Lipinski definition) is 6. The molecule has 25 heavy (non-hydrogen) atoms. The van der Waals surface area contributed by atoms with Gasteiger partial charge in [-0.2, -0.15) is 4.31 Å². The second-order valence-electron chi connectivity index (χ2n) is 6.93. The second-order valence-corrected chi connectivity index (χ2v) is 11.4. The Kier molecular flexibility index (Phi) is 7.31. The van der Waals surface area contributed by atoms with E-state index in [2.05, 4.69) is 0 Å². The van der Waals surface area contributed by atoms with E-state index in [1.807, 2.05) is 6.92 Å². The van der Waals surface area contributed by atoms with E-state index in [4.69, 9.17) is 5.73 Å². The average Bonchev–Trinajstić information content (AvgIpc) is 2.87. The number of rotatable bonds is 5. The van der Waals surface area contributed by atoms with Crippen molar-refractivity contribution in [1.82, 2.24) is 9.21 Å². The maximum absolute atomic E-state index is 12.6. The third kappa shape index (κ3) is 5.06. The van der Waals surface area contributed by atoms with Gasteiger partial charge in [0.1, 0.15) is 0 Å². The van der Waals surface area contributed by atoms with Crippen molar-refractivity contribution in [2.75, 3.05) is 37.7 Å². The Bertz CT molecular complexity index is 685. The number of nitrogens with zero attached hydrogens (tertiary/aromatic N) is 2. The lowest BCUT2D eigenvalue weighted by atomic mass is 9.95. The Balaban J connectivity index is 0.00000312. The molecule has 0 aromatic heterocycles. The van der Waals surface area contributed by atoms with Crippen molar-refractivity contribution in [2.45, 2.75) is 43.9 Å². The number of amides is 1.